The van der Waals surface area contributed by atoms with Crippen LogP contribution in [-0.4, -0.2) is 10.8 Å². The lowest BCUT2D eigenvalue weighted by Gasteiger charge is -2.27. The summed E-state index contributed by atoms with van der Waals surface area (Å²) in [6.45, 7) is 9.06. The fourth-order valence-corrected chi connectivity index (χ4v) is 1.14. The van der Waals surface area contributed by atoms with Crippen molar-refractivity contribution in [3.05, 3.63) is 0 Å². The normalized spacial score (nSPS) is 15.5. The first kappa shape index (κ1) is 11.8. The molecule has 0 saturated carbocycles. The number of rotatable bonds is 4. The van der Waals surface area contributed by atoms with Crippen molar-refractivity contribution in [3.63, 3.8) is 0 Å². The van der Waals surface area contributed by atoms with Crippen LogP contribution in [0.1, 0.15) is 27.7 Å². The molecule has 0 saturated heterocycles. The molecule has 0 N–H and O–H groups in total. The summed E-state index contributed by atoms with van der Waals surface area (Å²) in [4.78, 5) is 0. The maximum atomic E-state index is 10.6. The summed E-state index contributed by atoms with van der Waals surface area (Å²) in [5.41, 5.74) is 0.112. The zero-order valence-electron chi connectivity index (χ0n) is 7.39. The van der Waals surface area contributed by atoms with Gasteiger partial charge in [-0.1, -0.05) is 27.7 Å². The van der Waals surface area contributed by atoms with Crippen LogP contribution in [0, 0.1) is 11.3 Å². The van der Waals surface area contributed by atoms with Crippen LogP contribution in [0.25, 0.3) is 0 Å². The van der Waals surface area contributed by atoms with Gasteiger partial charge in [-0.05, 0) is 11.3 Å². The Bertz CT molecular complexity index is 145. The summed E-state index contributed by atoms with van der Waals surface area (Å²) < 4.78 is 15.6. The van der Waals surface area contributed by atoms with E-state index in [1.807, 2.05) is 0 Å². The zero-order chi connectivity index (χ0) is 9.07. The van der Waals surface area contributed by atoms with Crippen LogP contribution in [0.4, 0.5) is 0 Å². The number of hydrogen-bond acceptors (Lipinski definition) is 2. The van der Waals surface area contributed by atoms with Crippen LogP contribution in [0.2, 0.25) is 0 Å². The minimum Gasteiger partial charge on any atom is -0.282 e. The van der Waals surface area contributed by atoms with Crippen molar-refractivity contribution in [2.45, 2.75) is 27.7 Å². The van der Waals surface area contributed by atoms with Crippen LogP contribution >= 0.6 is 21.2 Å². The Hall–Kier alpha value is 0.840. The molecule has 0 spiro atoms. The second kappa shape index (κ2) is 4.77. The average molecular weight is 290 g/mol. The van der Waals surface area contributed by atoms with Gasteiger partial charge in [-0.15, -0.1) is 0 Å². The Morgan fingerprint density at radius 1 is 1.55 bits per heavy atom. The van der Waals surface area contributed by atoms with Gasteiger partial charge in [0.1, 0.15) is 0 Å². The maximum Gasteiger partial charge on any atom is 0.219 e. The first-order valence-electron chi connectivity index (χ1n) is 3.57. The molecular formula is C7H15IO2S. The average Bonchev–Trinajstić information content (AvgIpc) is 1.84. The third-order valence-electron chi connectivity index (χ3n) is 2.09. The van der Waals surface area contributed by atoms with E-state index in [1.54, 1.807) is 21.2 Å². The van der Waals surface area contributed by atoms with Crippen molar-refractivity contribution in [2.75, 3.05) is 6.61 Å². The molecule has 0 aliphatic heterocycles. The second-order valence-corrected chi connectivity index (χ2v) is 6.38. The van der Waals surface area contributed by atoms with Gasteiger partial charge >= 0.3 is 0 Å². The molecule has 0 aromatic heterocycles. The van der Waals surface area contributed by atoms with Crippen molar-refractivity contribution in [2.24, 2.45) is 11.3 Å². The molecule has 0 aromatic rings. The van der Waals surface area contributed by atoms with Gasteiger partial charge in [0.05, 0.1) is 27.8 Å². The monoisotopic (exact) mass is 290 g/mol. The predicted molar refractivity (Wildman–Crippen MR) is 56.7 cm³/mol. The van der Waals surface area contributed by atoms with Crippen molar-refractivity contribution < 1.29 is 8.39 Å². The van der Waals surface area contributed by atoms with Gasteiger partial charge in [0.15, 0.2) is 0 Å². The van der Waals surface area contributed by atoms with Gasteiger partial charge in [-0.25, -0.2) is 4.21 Å². The fourth-order valence-electron chi connectivity index (χ4n) is 0.365. The van der Waals surface area contributed by atoms with Crippen molar-refractivity contribution >= 4 is 29.5 Å². The van der Waals surface area contributed by atoms with Crippen LogP contribution < -0.4 is 0 Å². The topological polar surface area (TPSA) is 26.3 Å². The third kappa shape index (κ3) is 5.14. The first-order chi connectivity index (χ1) is 4.86. The number of hydrogen-bond donors (Lipinski definition) is 0. The van der Waals surface area contributed by atoms with E-state index in [9.17, 15) is 4.21 Å². The van der Waals surface area contributed by atoms with Gasteiger partial charge in [0, 0.05) is 0 Å². The Morgan fingerprint density at radius 2 is 2.00 bits per heavy atom. The van der Waals surface area contributed by atoms with Crippen molar-refractivity contribution in [3.8, 4) is 0 Å². The maximum absolute atomic E-state index is 10.6. The van der Waals surface area contributed by atoms with E-state index in [4.69, 9.17) is 4.18 Å². The van der Waals surface area contributed by atoms with Gasteiger partial charge < -0.3 is 0 Å². The molecule has 0 aliphatic rings. The van der Waals surface area contributed by atoms with E-state index in [0.717, 1.165) is 0 Å². The van der Waals surface area contributed by atoms with Crippen LogP contribution in [0.5, 0.6) is 0 Å². The van der Waals surface area contributed by atoms with Crippen molar-refractivity contribution in [1.29, 1.82) is 0 Å². The smallest absolute Gasteiger partial charge is 0.219 e. The van der Waals surface area contributed by atoms with Gasteiger partial charge in [-0.3, -0.25) is 4.18 Å². The van der Waals surface area contributed by atoms with E-state index in [1.165, 1.54) is 0 Å². The van der Waals surface area contributed by atoms with Gasteiger partial charge in [0.2, 0.25) is 8.25 Å². The highest BCUT2D eigenvalue weighted by molar-refractivity contribution is 14.2. The Balaban J connectivity index is 3.82. The molecule has 68 valence electrons. The summed E-state index contributed by atoms with van der Waals surface area (Å²) in [6.07, 6.45) is 0. The molecule has 0 rings (SSSR count). The third-order valence-corrected chi connectivity index (χ3v) is 3.15. The lowest BCUT2D eigenvalue weighted by atomic mass is 9.82. The van der Waals surface area contributed by atoms with Gasteiger partial charge in [0.25, 0.3) is 0 Å². The van der Waals surface area contributed by atoms with Crippen LogP contribution in [0.15, 0.2) is 0 Å². The minimum atomic E-state index is -1.16. The summed E-state index contributed by atoms with van der Waals surface area (Å²) in [7, 11) is -1.16. The van der Waals surface area contributed by atoms with Gasteiger partial charge in [-0.2, -0.15) is 0 Å². The van der Waals surface area contributed by atoms with E-state index in [2.05, 4.69) is 27.7 Å². The Kier molecular flexibility index (Phi) is 5.13. The first-order valence-corrected chi connectivity index (χ1v) is 7.19. The molecule has 1 atom stereocenters. The SMILES string of the molecule is CC(C)C(C)(C)COS(=O)I. The molecule has 0 aromatic carbocycles. The molecule has 2 nitrogen and oxygen atoms in total. The molecule has 11 heavy (non-hydrogen) atoms. The van der Waals surface area contributed by atoms with E-state index in [0.29, 0.717) is 12.5 Å². The standard InChI is InChI=1S/C7H15IO2S/c1-6(2)7(3,4)5-10-11(8)9/h6H,5H2,1-4H3. The van der Waals surface area contributed by atoms with Crippen LogP contribution in [-0.2, 0) is 12.4 Å². The summed E-state index contributed by atoms with van der Waals surface area (Å²) in [5, 5.41) is 0. The predicted octanol–water partition coefficient (Wildman–Crippen LogP) is 2.70. The minimum absolute atomic E-state index is 0.112. The summed E-state index contributed by atoms with van der Waals surface area (Å²) in [5.74, 6) is 0.544. The molecule has 0 fully saturated rings. The molecule has 4 heteroatoms. The molecule has 0 amide bonds. The fraction of sp³-hybridized carbons (Fsp3) is 1.00. The van der Waals surface area contributed by atoms with Crippen molar-refractivity contribution in [1.82, 2.24) is 0 Å². The molecule has 0 bridgehead atoms. The highest BCUT2D eigenvalue weighted by Crippen LogP contribution is 2.26. The highest BCUT2D eigenvalue weighted by atomic mass is 127. The van der Waals surface area contributed by atoms with E-state index in [-0.39, 0.29) is 5.41 Å². The summed E-state index contributed by atoms with van der Waals surface area (Å²) >= 11 is 1.76. The van der Waals surface area contributed by atoms with E-state index < -0.39 is 8.25 Å². The Morgan fingerprint density at radius 3 is 2.27 bits per heavy atom. The zero-order valence-corrected chi connectivity index (χ0v) is 10.4. The summed E-state index contributed by atoms with van der Waals surface area (Å²) in [6, 6.07) is 0. The molecule has 0 heterocycles. The number of halogens is 1. The van der Waals surface area contributed by atoms with Crippen LogP contribution in [0.3, 0.4) is 0 Å². The quantitative estimate of drug-likeness (QED) is 0.588. The Labute approximate surface area is 83.3 Å². The lowest BCUT2D eigenvalue weighted by Crippen LogP contribution is -2.25. The highest BCUT2D eigenvalue weighted by Gasteiger charge is 2.23. The molecule has 0 aliphatic carbocycles. The van der Waals surface area contributed by atoms with E-state index >= 15 is 0 Å². The molecule has 1 unspecified atom stereocenters. The largest absolute Gasteiger partial charge is 0.282 e. The second-order valence-electron chi connectivity index (χ2n) is 3.60. The molecule has 0 radical (unpaired) electrons. The lowest BCUT2D eigenvalue weighted by molar-refractivity contribution is 0.144. The molecular weight excluding hydrogens is 275 g/mol.